The van der Waals surface area contributed by atoms with Crippen LogP contribution in [0.15, 0.2) is 36.5 Å². The van der Waals surface area contributed by atoms with Crippen molar-refractivity contribution in [1.29, 1.82) is 0 Å². The van der Waals surface area contributed by atoms with Gasteiger partial charge in [-0.3, -0.25) is 14.6 Å². The molecule has 35 heavy (non-hydrogen) atoms. The number of hydrogen-bond donors (Lipinski definition) is 2. The van der Waals surface area contributed by atoms with E-state index in [1.54, 1.807) is 6.20 Å². The van der Waals surface area contributed by atoms with Crippen molar-refractivity contribution in [3.63, 3.8) is 0 Å². The van der Waals surface area contributed by atoms with E-state index in [0.717, 1.165) is 5.69 Å². The molecular weight excluding hydrogens is 464 g/mol. The van der Waals surface area contributed by atoms with Gasteiger partial charge in [-0.25, -0.2) is 0 Å². The molecule has 7 rings (SSSR count). The predicted molar refractivity (Wildman–Crippen MR) is 115 cm³/mol. The Morgan fingerprint density at radius 1 is 0.914 bits per heavy atom. The predicted octanol–water partition coefficient (Wildman–Crippen LogP) is 2.65. The number of amides is 2. The Labute approximate surface area is 199 Å². The van der Waals surface area contributed by atoms with E-state index in [0.29, 0.717) is 30.9 Å². The molecule has 2 heterocycles. The molecule has 4 aliphatic carbocycles. The van der Waals surface area contributed by atoms with Crippen LogP contribution in [0.25, 0.3) is 0 Å². The van der Waals surface area contributed by atoms with E-state index >= 15 is 0 Å². The molecule has 2 N–H and O–H groups in total. The molecule has 0 spiro atoms. The first kappa shape index (κ1) is 21.9. The number of benzene rings is 1. The minimum absolute atomic E-state index is 0.0958. The van der Waals surface area contributed by atoms with E-state index in [-0.39, 0.29) is 53.4 Å². The van der Waals surface area contributed by atoms with Gasteiger partial charge in [-0.1, -0.05) is 0 Å². The molecule has 4 saturated carbocycles. The van der Waals surface area contributed by atoms with E-state index in [9.17, 15) is 18.4 Å². The molecule has 4 fully saturated rings. The third-order valence-corrected chi connectivity index (χ3v) is 6.71. The topological polar surface area (TPSA) is 108 Å². The molecule has 1 aromatic heterocycles. The molecule has 0 radical (unpaired) electrons. The molecule has 1 aliphatic heterocycles. The van der Waals surface area contributed by atoms with Crippen LogP contribution >= 0.6 is 0 Å². The summed E-state index contributed by atoms with van der Waals surface area (Å²) in [5, 5.41) is 5.94. The van der Waals surface area contributed by atoms with Crippen LogP contribution in [0, 0.1) is 0 Å². The summed E-state index contributed by atoms with van der Waals surface area (Å²) in [5.74, 6) is 0.532. The summed E-state index contributed by atoms with van der Waals surface area (Å²) in [7, 11) is 0. The number of ether oxygens (including phenoxy) is 4. The number of nitrogens with one attached hydrogen (secondary N) is 2. The van der Waals surface area contributed by atoms with E-state index in [1.165, 1.54) is 31.0 Å². The maximum atomic E-state index is 13.1. The van der Waals surface area contributed by atoms with Gasteiger partial charge in [0.2, 0.25) is 0 Å². The first-order chi connectivity index (χ1) is 16.7. The minimum Gasteiger partial charge on any atom is -0.484 e. The smallest absolute Gasteiger partial charge is 0.484 e. The molecule has 9 nitrogen and oxygen atoms in total. The average molecular weight is 487 g/mol. The van der Waals surface area contributed by atoms with Crippen LogP contribution < -0.4 is 29.6 Å². The average Bonchev–Trinajstić information content (AvgIpc) is 3.56. The number of pyridine rings is 1. The summed E-state index contributed by atoms with van der Waals surface area (Å²) in [6, 6.07) is 7.73. The summed E-state index contributed by atoms with van der Waals surface area (Å²) < 4.78 is 45.8. The number of alkyl halides is 2. The number of rotatable bonds is 9. The molecular formula is C24H23F2N3O6. The van der Waals surface area contributed by atoms with Gasteiger partial charge < -0.3 is 29.6 Å². The largest absolute Gasteiger partial charge is 0.586 e. The number of fused-ring (bicyclic) bond motifs is 1. The van der Waals surface area contributed by atoms with Gasteiger partial charge in [-0.2, -0.15) is 0 Å². The van der Waals surface area contributed by atoms with E-state index in [4.69, 9.17) is 9.47 Å². The van der Waals surface area contributed by atoms with Gasteiger partial charge in [-0.15, -0.1) is 8.78 Å². The zero-order chi connectivity index (χ0) is 24.3. The lowest BCUT2D eigenvalue weighted by atomic mass is 9.44. The Hall–Kier alpha value is -3.63. The second-order valence-electron chi connectivity index (χ2n) is 9.73. The minimum atomic E-state index is -3.71. The molecule has 0 unspecified atom stereocenters. The first-order valence-electron chi connectivity index (χ1n) is 11.4. The monoisotopic (exact) mass is 487 g/mol. The Balaban J connectivity index is 0.912. The van der Waals surface area contributed by atoms with Gasteiger partial charge in [0.15, 0.2) is 24.7 Å². The quantitative estimate of drug-likeness (QED) is 0.560. The lowest BCUT2D eigenvalue weighted by Gasteiger charge is -2.70. The highest BCUT2D eigenvalue weighted by atomic mass is 19.3. The Bertz CT molecular complexity index is 1160. The molecule has 5 aliphatic rings. The lowest BCUT2D eigenvalue weighted by molar-refractivity contribution is -0.286. The summed E-state index contributed by atoms with van der Waals surface area (Å²) in [6.07, 6.45) is 2.19. The Morgan fingerprint density at radius 2 is 1.51 bits per heavy atom. The van der Waals surface area contributed by atoms with Gasteiger partial charge in [0.1, 0.15) is 11.5 Å². The van der Waals surface area contributed by atoms with Crippen LogP contribution in [0.5, 0.6) is 23.0 Å². The van der Waals surface area contributed by atoms with E-state index in [1.807, 2.05) is 12.1 Å². The number of aromatic nitrogens is 1. The van der Waals surface area contributed by atoms with Crippen molar-refractivity contribution < 1.29 is 37.3 Å². The van der Waals surface area contributed by atoms with Gasteiger partial charge in [0, 0.05) is 28.8 Å². The summed E-state index contributed by atoms with van der Waals surface area (Å²) >= 11 is 0. The van der Waals surface area contributed by atoms with E-state index in [2.05, 4.69) is 25.1 Å². The van der Waals surface area contributed by atoms with Gasteiger partial charge in [0.05, 0.1) is 6.20 Å². The molecule has 184 valence electrons. The second kappa shape index (κ2) is 7.69. The Kier molecular flexibility index (Phi) is 4.81. The maximum Gasteiger partial charge on any atom is 0.586 e. The molecule has 1 aromatic carbocycles. The zero-order valence-electron chi connectivity index (χ0n) is 18.6. The molecule has 11 heteroatoms. The Morgan fingerprint density at radius 3 is 2.11 bits per heavy atom. The molecule has 2 amide bonds. The summed E-state index contributed by atoms with van der Waals surface area (Å²) in [6.45, 7) is -0.376. The highest BCUT2D eigenvalue weighted by Gasteiger charge is 2.69. The van der Waals surface area contributed by atoms with E-state index < -0.39 is 6.29 Å². The van der Waals surface area contributed by atoms with Crippen LogP contribution in [-0.2, 0) is 9.59 Å². The van der Waals surface area contributed by atoms with Crippen LogP contribution in [0.2, 0.25) is 0 Å². The van der Waals surface area contributed by atoms with Gasteiger partial charge in [-0.05, 0) is 56.4 Å². The fourth-order valence-corrected chi connectivity index (χ4v) is 5.13. The maximum absolute atomic E-state index is 13.1. The zero-order valence-corrected chi connectivity index (χ0v) is 18.6. The number of hydrogen-bond acceptors (Lipinski definition) is 7. The van der Waals surface area contributed by atoms with Crippen molar-refractivity contribution in [2.75, 3.05) is 13.2 Å². The van der Waals surface area contributed by atoms with Crippen molar-refractivity contribution >= 4 is 11.8 Å². The second-order valence-corrected chi connectivity index (χ2v) is 9.73. The molecule has 0 saturated heterocycles. The summed E-state index contributed by atoms with van der Waals surface area (Å²) in [4.78, 5) is 29.0. The third-order valence-electron chi connectivity index (χ3n) is 6.71. The highest BCUT2D eigenvalue weighted by molar-refractivity contribution is 5.81. The normalized spacial score (nSPS) is 26.7. The number of nitrogens with zero attached hydrogens (tertiary/aromatic N) is 1. The van der Waals surface area contributed by atoms with Crippen molar-refractivity contribution in [3.8, 4) is 23.0 Å². The fourth-order valence-electron chi connectivity index (χ4n) is 5.13. The van der Waals surface area contributed by atoms with Crippen molar-refractivity contribution in [1.82, 2.24) is 15.6 Å². The number of carbonyl (C=O) groups excluding carboxylic acids is 2. The standard InChI is InChI=1S/C24H23F2N3O6/c25-24(26)34-18-6-4-15(7-19(18)35-24)32-9-20(30)28-22-11-23(12-22,13-22)29-21(31)10-33-16-3-5-17(27-8-16)14-1-2-14/h3-8,14H,1-2,9-13H2,(H,28,30)(H,29,31). The number of halogens is 2. The SMILES string of the molecule is O=C(COc1ccc(C2CC2)nc1)NC12CC(NC(=O)COc3ccc4c(c3)OC(F)(F)O4)(C1)C2. The molecule has 2 aromatic rings. The highest BCUT2D eigenvalue weighted by Crippen LogP contribution is 2.60. The first-order valence-corrected chi connectivity index (χ1v) is 11.4. The number of carbonyl (C=O) groups is 2. The fraction of sp³-hybridized carbons (Fsp3) is 0.458. The molecule has 2 bridgehead atoms. The van der Waals surface area contributed by atoms with Gasteiger partial charge >= 0.3 is 6.29 Å². The van der Waals surface area contributed by atoms with Crippen LogP contribution in [0.1, 0.15) is 43.7 Å². The van der Waals surface area contributed by atoms with Crippen molar-refractivity contribution in [2.24, 2.45) is 0 Å². The van der Waals surface area contributed by atoms with Crippen molar-refractivity contribution in [3.05, 3.63) is 42.2 Å². The van der Waals surface area contributed by atoms with Crippen LogP contribution in [0.4, 0.5) is 8.78 Å². The van der Waals surface area contributed by atoms with Gasteiger partial charge in [0.25, 0.3) is 11.8 Å². The third kappa shape index (κ3) is 4.42. The lowest BCUT2D eigenvalue weighted by Crippen LogP contribution is -2.84. The molecule has 0 atom stereocenters. The van der Waals surface area contributed by atoms with Crippen LogP contribution in [-0.4, -0.2) is 47.4 Å². The summed E-state index contributed by atoms with van der Waals surface area (Å²) in [5.41, 5.74) is 0.396. The van der Waals surface area contributed by atoms with Crippen LogP contribution in [0.3, 0.4) is 0 Å². The van der Waals surface area contributed by atoms with Crippen molar-refractivity contribution in [2.45, 2.75) is 55.4 Å².